The van der Waals surface area contributed by atoms with Crippen molar-refractivity contribution in [3.63, 3.8) is 0 Å². The summed E-state index contributed by atoms with van der Waals surface area (Å²) in [5, 5.41) is 10.7. The van der Waals surface area contributed by atoms with Gasteiger partial charge in [0.05, 0.1) is 29.8 Å². The molecule has 2 saturated heterocycles. The second-order valence-corrected chi connectivity index (χ2v) is 9.37. The fraction of sp³-hybridized carbons (Fsp3) is 0.435. The van der Waals surface area contributed by atoms with E-state index in [1.165, 1.54) is 30.6 Å². The lowest BCUT2D eigenvalue weighted by atomic mass is 10.00. The highest BCUT2D eigenvalue weighted by Crippen LogP contribution is 2.37. The maximum absolute atomic E-state index is 14.1. The molecule has 10 heteroatoms. The van der Waals surface area contributed by atoms with Crippen LogP contribution in [0.1, 0.15) is 35.4 Å². The third-order valence-corrected chi connectivity index (χ3v) is 7.03. The molecule has 0 saturated carbocycles. The molecule has 3 unspecified atom stereocenters. The Morgan fingerprint density at radius 1 is 1.24 bits per heavy atom. The van der Waals surface area contributed by atoms with Crippen LogP contribution < -0.4 is 10.5 Å². The van der Waals surface area contributed by atoms with E-state index in [1.54, 1.807) is 4.90 Å². The summed E-state index contributed by atoms with van der Waals surface area (Å²) >= 11 is 5.86. The van der Waals surface area contributed by atoms with Crippen LogP contribution in [0.3, 0.4) is 0 Å². The number of hydrogen-bond acceptors (Lipinski definition) is 7. The van der Waals surface area contributed by atoms with Crippen LogP contribution in [0.5, 0.6) is 5.75 Å². The Bertz CT molecular complexity index is 1110. The summed E-state index contributed by atoms with van der Waals surface area (Å²) in [5.41, 5.74) is 7.61. The molecule has 33 heavy (non-hydrogen) atoms. The van der Waals surface area contributed by atoms with Crippen molar-refractivity contribution in [1.29, 1.82) is 0 Å². The maximum Gasteiger partial charge on any atom is 0.258 e. The van der Waals surface area contributed by atoms with Crippen LogP contribution in [0.4, 0.5) is 4.39 Å². The van der Waals surface area contributed by atoms with E-state index in [9.17, 15) is 14.3 Å². The molecule has 8 nitrogen and oxygen atoms in total. The van der Waals surface area contributed by atoms with Crippen LogP contribution in [-0.2, 0) is 0 Å². The normalized spacial score (nSPS) is 27.3. The Balaban J connectivity index is 1.34. The Hall–Kier alpha value is -2.75. The SMILES string of the molecule is CN1C2CC(Oc3cc(F)ccc3C(=O)N3CC(N)=C(c4ncc(Cl)cn4)C3)CC1[C@@H](O)C2. The third-order valence-electron chi connectivity index (χ3n) is 6.84. The molecule has 1 amide bonds. The molecule has 0 spiro atoms. The standard InChI is InChI=1S/C23H25ClFN5O3/c1-29-14-5-15(7-19(29)20(31)6-14)33-21-4-13(25)2-3-16(21)23(32)30-10-17(18(26)11-30)22-27-8-12(24)9-28-22/h2-4,8-9,14-15,19-20,31H,5-7,10-11,26H2,1H3/t14?,15?,19?,20-/m0/s1. The summed E-state index contributed by atoms with van der Waals surface area (Å²) in [6, 6.07) is 4.16. The number of benzene rings is 1. The van der Waals surface area contributed by atoms with Crippen molar-refractivity contribution in [3.8, 4) is 5.75 Å². The molecular weight excluding hydrogens is 449 g/mol. The number of nitrogens with two attached hydrogens (primary N) is 1. The second kappa shape index (κ2) is 8.55. The molecule has 1 aromatic carbocycles. The van der Waals surface area contributed by atoms with Gasteiger partial charge in [-0.2, -0.15) is 0 Å². The molecule has 2 bridgehead atoms. The summed E-state index contributed by atoms with van der Waals surface area (Å²) in [6.07, 6.45) is 4.39. The highest BCUT2D eigenvalue weighted by atomic mass is 35.5. The van der Waals surface area contributed by atoms with Crippen LogP contribution in [0.25, 0.3) is 5.57 Å². The predicted molar refractivity (Wildman–Crippen MR) is 120 cm³/mol. The van der Waals surface area contributed by atoms with E-state index in [4.69, 9.17) is 22.1 Å². The predicted octanol–water partition coefficient (Wildman–Crippen LogP) is 2.07. The first-order chi connectivity index (χ1) is 15.8. The van der Waals surface area contributed by atoms with Gasteiger partial charge in [-0.3, -0.25) is 9.69 Å². The average molecular weight is 474 g/mol. The lowest BCUT2D eigenvalue weighted by molar-refractivity contribution is 0.0393. The first kappa shape index (κ1) is 22.1. The van der Waals surface area contributed by atoms with Gasteiger partial charge < -0.3 is 20.5 Å². The fourth-order valence-corrected chi connectivity index (χ4v) is 5.19. The van der Waals surface area contributed by atoms with Gasteiger partial charge in [-0.05, 0) is 32.0 Å². The summed E-state index contributed by atoms with van der Waals surface area (Å²) in [6.45, 7) is 0.440. The van der Waals surface area contributed by atoms with E-state index in [-0.39, 0.29) is 48.5 Å². The molecule has 1 aromatic heterocycles. The molecule has 174 valence electrons. The summed E-state index contributed by atoms with van der Waals surface area (Å²) < 4.78 is 20.3. The number of hydrogen-bond donors (Lipinski definition) is 2. The van der Waals surface area contributed by atoms with Gasteiger partial charge in [0, 0.05) is 48.2 Å². The monoisotopic (exact) mass is 473 g/mol. The molecule has 3 aliphatic heterocycles. The Kier molecular flexibility index (Phi) is 5.72. The number of aliphatic hydroxyl groups is 1. The van der Waals surface area contributed by atoms with E-state index >= 15 is 0 Å². The number of nitrogens with zero attached hydrogens (tertiary/aromatic N) is 4. The highest BCUT2D eigenvalue weighted by Gasteiger charge is 2.45. The first-order valence-electron chi connectivity index (χ1n) is 10.9. The van der Waals surface area contributed by atoms with Gasteiger partial charge in [-0.25, -0.2) is 14.4 Å². The lowest BCUT2D eigenvalue weighted by Crippen LogP contribution is -2.46. The number of rotatable bonds is 4. The number of ether oxygens (including phenoxy) is 1. The van der Waals surface area contributed by atoms with Crippen molar-refractivity contribution >= 4 is 23.1 Å². The largest absolute Gasteiger partial charge is 0.489 e. The quantitative estimate of drug-likeness (QED) is 0.700. The Morgan fingerprint density at radius 3 is 2.73 bits per heavy atom. The molecular formula is C23H25ClFN5O3. The molecule has 0 radical (unpaired) electrons. The minimum absolute atomic E-state index is 0.00553. The van der Waals surface area contributed by atoms with Gasteiger partial charge in [0.25, 0.3) is 5.91 Å². The van der Waals surface area contributed by atoms with Gasteiger partial charge in [0.1, 0.15) is 17.7 Å². The molecule has 3 N–H and O–H groups in total. The number of aliphatic hydroxyl groups excluding tert-OH is 1. The number of carbonyl (C=O) groups is 1. The smallest absolute Gasteiger partial charge is 0.258 e. The fourth-order valence-electron chi connectivity index (χ4n) is 5.09. The van der Waals surface area contributed by atoms with Crippen molar-refractivity contribution in [1.82, 2.24) is 19.8 Å². The zero-order chi connectivity index (χ0) is 23.3. The molecule has 2 aromatic rings. The molecule has 4 heterocycles. The molecule has 0 aliphatic carbocycles. The number of likely N-dealkylation sites (N-methyl/N-ethyl adjacent to an activating group) is 1. The summed E-state index contributed by atoms with van der Waals surface area (Å²) in [7, 11) is 2.01. The van der Waals surface area contributed by atoms with Gasteiger partial charge in [0.2, 0.25) is 0 Å². The minimum atomic E-state index is -0.480. The van der Waals surface area contributed by atoms with Crippen molar-refractivity contribution in [2.75, 3.05) is 20.1 Å². The van der Waals surface area contributed by atoms with Crippen molar-refractivity contribution in [3.05, 3.63) is 58.5 Å². The van der Waals surface area contributed by atoms with Gasteiger partial charge in [-0.15, -0.1) is 0 Å². The highest BCUT2D eigenvalue weighted by molar-refractivity contribution is 6.30. The number of piperidine rings is 1. The molecule has 4 atom stereocenters. The number of carbonyl (C=O) groups excluding carboxylic acids is 1. The topological polar surface area (TPSA) is 105 Å². The Morgan fingerprint density at radius 2 is 2.00 bits per heavy atom. The van der Waals surface area contributed by atoms with E-state index < -0.39 is 11.9 Å². The van der Waals surface area contributed by atoms with E-state index in [0.29, 0.717) is 41.4 Å². The number of amides is 1. The molecule has 2 fully saturated rings. The van der Waals surface area contributed by atoms with E-state index in [2.05, 4.69) is 14.9 Å². The molecule has 5 rings (SSSR count). The number of aromatic nitrogens is 2. The van der Waals surface area contributed by atoms with Crippen LogP contribution in [0.15, 0.2) is 36.3 Å². The van der Waals surface area contributed by atoms with Gasteiger partial charge in [-0.1, -0.05) is 11.6 Å². The van der Waals surface area contributed by atoms with Gasteiger partial charge in [0.15, 0.2) is 5.82 Å². The maximum atomic E-state index is 14.1. The Labute approximate surface area is 195 Å². The summed E-state index contributed by atoms with van der Waals surface area (Å²) in [4.78, 5) is 25.5. The van der Waals surface area contributed by atoms with Crippen molar-refractivity contribution < 1.29 is 19.0 Å². The lowest BCUT2D eigenvalue weighted by Gasteiger charge is -2.36. The minimum Gasteiger partial charge on any atom is -0.489 e. The first-order valence-corrected chi connectivity index (χ1v) is 11.3. The second-order valence-electron chi connectivity index (χ2n) is 8.93. The van der Waals surface area contributed by atoms with Crippen LogP contribution in [0.2, 0.25) is 5.02 Å². The summed E-state index contributed by atoms with van der Waals surface area (Å²) in [5.74, 6) is -0.166. The van der Waals surface area contributed by atoms with Crippen molar-refractivity contribution in [2.24, 2.45) is 5.73 Å². The van der Waals surface area contributed by atoms with Gasteiger partial charge >= 0.3 is 0 Å². The van der Waals surface area contributed by atoms with Crippen molar-refractivity contribution in [2.45, 2.75) is 43.6 Å². The average Bonchev–Trinajstić information content (AvgIpc) is 3.22. The van der Waals surface area contributed by atoms with E-state index in [0.717, 1.165) is 0 Å². The van der Waals surface area contributed by atoms with E-state index in [1.807, 2.05) is 7.05 Å². The number of fused-ring (bicyclic) bond motifs is 2. The third kappa shape index (κ3) is 4.16. The van der Waals surface area contributed by atoms with Crippen LogP contribution in [0, 0.1) is 5.82 Å². The zero-order valence-corrected chi connectivity index (χ0v) is 18.9. The molecule has 3 aliphatic rings. The number of halogens is 2. The zero-order valence-electron chi connectivity index (χ0n) is 18.1. The van der Waals surface area contributed by atoms with Crippen LogP contribution >= 0.6 is 11.6 Å². The van der Waals surface area contributed by atoms with Crippen LogP contribution in [-0.4, -0.2) is 75.2 Å².